The van der Waals surface area contributed by atoms with Gasteiger partial charge in [0.15, 0.2) is 0 Å². The summed E-state index contributed by atoms with van der Waals surface area (Å²) in [6.45, 7) is 1.27. The number of rotatable bonds is 2. The maximum absolute atomic E-state index is 12.5. The molecule has 27 heavy (non-hydrogen) atoms. The Labute approximate surface area is 160 Å². The van der Waals surface area contributed by atoms with Gasteiger partial charge in [-0.25, -0.2) is 9.59 Å². The van der Waals surface area contributed by atoms with E-state index < -0.39 is 17.2 Å². The normalized spacial score (nSPS) is 11.0. The summed E-state index contributed by atoms with van der Waals surface area (Å²) in [6.07, 6.45) is 0. The van der Waals surface area contributed by atoms with E-state index in [9.17, 15) is 14.4 Å². The summed E-state index contributed by atoms with van der Waals surface area (Å²) in [7, 11) is 0. The Hall–Kier alpha value is -3.19. The number of esters is 1. The second-order valence-corrected chi connectivity index (χ2v) is 6.78. The van der Waals surface area contributed by atoms with Crippen molar-refractivity contribution in [2.75, 3.05) is 0 Å². The van der Waals surface area contributed by atoms with Crippen LogP contribution in [0.25, 0.3) is 33.1 Å². The predicted octanol–water partition coefficient (Wildman–Crippen LogP) is 4.25. The molecule has 0 radical (unpaired) electrons. The quantitative estimate of drug-likeness (QED) is 0.270. The van der Waals surface area contributed by atoms with Gasteiger partial charge in [-0.3, -0.25) is 4.79 Å². The molecule has 2 aromatic carbocycles. The number of hydrogen-bond donors (Lipinski definition) is 0. The molecule has 0 fully saturated rings. The summed E-state index contributed by atoms with van der Waals surface area (Å²) in [5.41, 5.74) is 0.0540. The highest BCUT2D eigenvalue weighted by atomic mass is 79.9. The van der Waals surface area contributed by atoms with Crippen LogP contribution in [0.15, 0.2) is 71.4 Å². The second-order valence-electron chi connectivity index (χ2n) is 5.86. The molecule has 0 aliphatic carbocycles. The highest BCUT2D eigenvalue weighted by Crippen LogP contribution is 2.30. The molecule has 0 unspecified atom stereocenters. The molecule has 0 bridgehead atoms. The molecule has 0 spiro atoms. The van der Waals surface area contributed by atoms with Gasteiger partial charge in [-0.05, 0) is 36.4 Å². The van der Waals surface area contributed by atoms with Gasteiger partial charge < -0.3 is 13.6 Å². The Kier molecular flexibility index (Phi) is 4.16. The summed E-state index contributed by atoms with van der Waals surface area (Å²) >= 11 is 3.38. The molecule has 0 amide bonds. The van der Waals surface area contributed by atoms with Gasteiger partial charge in [0.05, 0.1) is 5.56 Å². The summed E-state index contributed by atoms with van der Waals surface area (Å²) in [5, 5.41) is 1.23. The molecular formula is C20H11BrO6. The van der Waals surface area contributed by atoms with E-state index >= 15 is 0 Å². The molecule has 4 aromatic rings. The minimum absolute atomic E-state index is 0.199. The minimum atomic E-state index is -0.633. The number of carbonyl (C=O) groups is 1. The van der Waals surface area contributed by atoms with Gasteiger partial charge >= 0.3 is 17.2 Å². The Morgan fingerprint density at radius 3 is 2.52 bits per heavy atom. The van der Waals surface area contributed by atoms with Crippen LogP contribution in [0, 0.1) is 0 Å². The first-order chi connectivity index (χ1) is 12.9. The zero-order valence-electron chi connectivity index (χ0n) is 13.9. The highest BCUT2D eigenvalue weighted by molar-refractivity contribution is 9.10. The van der Waals surface area contributed by atoms with E-state index in [1.165, 1.54) is 19.1 Å². The van der Waals surface area contributed by atoms with Crippen LogP contribution in [0.5, 0.6) is 5.75 Å². The molecule has 0 N–H and O–H groups in total. The van der Waals surface area contributed by atoms with E-state index in [2.05, 4.69) is 15.9 Å². The lowest BCUT2D eigenvalue weighted by Crippen LogP contribution is -2.07. The SMILES string of the molecule is CC(=O)Oc1ccc2c(-c3cc4cc(Br)ccc4oc3=O)cc(=O)oc2c1. The van der Waals surface area contributed by atoms with Gasteiger partial charge in [0.2, 0.25) is 0 Å². The largest absolute Gasteiger partial charge is 0.427 e. The average molecular weight is 427 g/mol. The summed E-state index contributed by atoms with van der Waals surface area (Å²) in [5.74, 6) is -0.252. The van der Waals surface area contributed by atoms with Crippen LogP contribution in [0.3, 0.4) is 0 Å². The van der Waals surface area contributed by atoms with Crippen molar-refractivity contribution in [1.29, 1.82) is 0 Å². The molecule has 134 valence electrons. The van der Waals surface area contributed by atoms with Crippen LogP contribution < -0.4 is 16.0 Å². The lowest BCUT2D eigenvalue weighted by molar-refractivity contribution is -0.131. The monoisotopic (exact) mass is 426 g/mol. The Bertz CT molecular complexity index is 1330. The van der Waals surface area contributed by atoms with E-state index in [1.807, 2.05) is 6.07 Å². The molecule has 0 saturated carbocycles. The smallest absolute Gasteiger partial charge is 0.344 e. The van der Waals surface area contributed by atoms with Gasteiger partial charge in [0.25, 0.3) is 0 Å². The second kappa shape index (κ2) is 6.51. The van der Waals surface area contributed by atoms with E-state index in [-0.39, 0.29) is 16.9 Å². The lowest BCUT2D eigenvalue weighted by Gasteiger charge is -2.07. The molecule has 7 heteroatoms. The van der Waals surface area contributed by atoms with Crippen molar-refractivity contribution >= 4 is 43.8 Å². The van der Waals surface area contributed by atoms with E-state index in [0.717, 1.165) is 4.47 Å². The molecule has 6 nitrogen and oxygen atoms in total. The zero-order chi connectivity index (χ0) is 19.1. The van der Waals surface area contributed by atoms with Crippen molar-refractivity contribution in [2.24, 2.45) is 0 Å². The van der Waals surface area contributed by atoms with Gasteiger partial charge in [-0.15, -0.1) is 0 Å². The van der Waals surface area contributed by atoms with Crippen LogP contribution in [0.2, 0.25) is 0 Å². The number of fused-ring (bicyclic) bond motifs is 2. The van der Waals surface area contributed by atoms with Crippen molar-refractivity contribution in [3.05, 3.63) is 73.8 Å². The fourth-order valence-electron chi connectivity index (χ4n) is 2.88. The fraction of sp³-hybridized carbons (Fsp3) is 0.0500. The molecule has 0 aliphatic rings. The topological polar surface area (TPSA) is 86.7 Å². The summed E-state index contributed by atoms with van der Waals surface area (Å²) in [6, 6.07) is 12.8. The molecule has 0 aliphatic heterocycles. The van der Waals surface area contributed by atoms with Crippen LogP contribution in [-0.4, -0.2) is 5.97 Å². The number of hydrogen-bond acceptors (Lipinski definition) is 6. The third kappa shape index (κ3) is 3.29. The van der Waals surface area contributed by atoms with Crippen molar-refractivity contribution in [3.63, 3.8) is 0 Å². The van der Waals surface area contributed by atoms with Crippen molar-refractivity contribution in [3.8, 4) is 16.9 Å². The standard InChI is InChI=1S/C20H11BrO6/c1-10(22)25-13-3-4-14-15(9-19(23)26-18(14)8-13)16-7-11-6-12(21)2-5-17(11)27-20(16)24/h2-9H,1H3. The molecule has 2 aromatic heterocycles. The average Bonchev–Trinajstić information content (AvgIpc) is 2.60. The first kappa shape index (κ1) is 17.2. The minimum Gasteiger partial charge on any atom is -0.427 e. The third-order valence-corrected chi connectivity index (χ3v) is 4.46. The summed E-state index contributed by atoms with van der Waals surface area (Å²) in [4.78, 5) is 35.7. The third-order valence-electron chi connectivity index (χ3n) is 3.96. The Morgan fingerprint density at radius 2 is 1.74 bits per heavy atom. The van der Waals surface area contributed by atoms with Crippen molar-refractivity contribution in [2.45, 2.75) is 6.92 Å². The number of ether oxygens (including phenoxy) is 1. The first-order valence-corrected chi connectivity index (χ1v) is 8.70. The van der Waals surface area contributed by atoms with Gasteiger partial charge in [0, 0.05) is 39.9 Å². The van der Waals surface area contributed by atoms with E-state index in [1.54, 1.807) is 30.3 Å². The highest BCUT2D eigenvalue weighted by Gasteiger charge is 2.15. The van der Waals surface area contributed by atoms with Crippen molar-refractivity contribution in [1.82, 2.24) is 0 Å². The van der Waals surface area contributed by atoms with Crippen LogP contribution in [-0.2, 0) is 4.79 Å². The molecule has 4 rings (SSSR count). The van der Waals surface area contributed by atoms with E-state index in [4.69, 9.17) is 13.6 Å². The maximum atomic E-state index is 12.5. The fourth-order valence-corrected chi connectivity index (χ4v) is 3.26. The molecule has 2 heterocycles. The molecule has 0 saturated heterocycles. The lowest BCUT2D eigenvalue weighted by atomic mass is 10.0. The summed E-state index contributed by atoms with van der Waals surface area (Å²) < 4.78 is 16.4. The number of benzene rings is 2. The van der Waals surface area contributed by atoms with E-state index in [0.29, 0.717) is 21.9 Å². The van der Waals surface area contributed by atoms with Crippen LogP contribution in [0.4, 0.5) is 0 Å². The van der Waals surface area contributed by atoms with Gasteiger partial charge in [-0.2, -0.15) is 0 Å². The van der Waals surface area contributed by atoms with Crippen LogP contribution >= 0.6 is 15.9 Å². The first-order valence-electron chi connectivity index (χ1n) is 7.91. The number of halogens is 1. The number of carbonyl (C=O) groups excluding carboxylic acids is 1. The molecule has 0 atom stereocenters. The zero-order valence-corrected chi connectivity index (χ0v) is 15.5. The maximum Gasteiger partial charge on any atom is 0.344 e. The van der Waals surface area contributed by atoms with Crippen molar-refractivity contribution < 1.29 is 18.4 Å². The Morgan fingerprint density at radius 1 is 0.926 bits per heavy atom. The van der Waals surface area contributed by atoms with Gasteiger partial charge in [-0.1, -0.05) is 15.9 Å². The van der Waals surface area contributed by atoms with Gasteiger partial charge in [0.1, 0.15) is 16.9 Å². The van der Waals surface area contributed by atoms with Crippen LogP contribution in [0.1, 0.15) is 6.92 Å². The Balaban J connectivity index is 1.99. The predicted molar refractivity (Wildman–Crippen MR) is 103 cm³/mol. The molecular weight excluding hydrogens is 416 g/mol.